The van der Waals surface area contributed by atoms with Gasteiger partial charge in [-0.05, 0) is 59.5 Å². The van der Waals surface area contributed by atoms with Crippen LogP contribution in [0.25, 0.3) is 0 Å². The molecule has 2 rings (SSSR count). The Morgan fingerprint density at radius 2 is 1.60 bits per heavy atom. The third-order valence-corrected chi connectivity index (χ3v) is 5.03. The first-order valence-electron chi connectivity index (χ1n) is 8.14. The maximum atomic E-state index is 11.7. The number of hydrogen-bond donors (Lipinski definition) is 0. The van der Waals surface area contributed by atoms with E-state index in [-0.39, 0.29) is 12.0 Å². The van der Waals surface area contributed by atoms with Crippen LogP contribution in [0.3, 0.4) is 0 Å². The number of azo groups is 1. The lowest BCUT2D eigenvalue weighted by atomic mass is 9.83. The van der Waals surface area contributed by atoms with E-state index in [4.69, 9.17) is 0 Å². The predicted molar refractivity (Wildman–Crippen MR) is 81.0 cm³/mol. The van der Waals surface area contributed by atoms with Crippen molar-refractivity contribution in [2.75, 3.05) is 14.1 Å². The molecule has 0 spiro atoms. The molecule has 0 amide bonds. The summed E-state index contributed by atoms with van der Waals surface area (Å²) in [5, 5.41) is 9.16. The Labute approximate surface area is 123 Å². The van der Waals surface area contributed by atoms with Gasteiger partial charge in [-0.25, -0.2) is 0 Å². The van der Waals surface area contributed by atoms with Crippen LogP contribution in [0.4, 0.5) is 0 Å². The van der Waals surface area contributed by atoms with E-state index in [0.717, 1.165) is 25.7 Å². The summed E-state index contributed by atoms with van der Waals surface area (Å²) in [7, 11) is 4.32. The first-order chi connectivity index (χ1) is 9.58. The van der Waals surface area contributed by atoms with Crippen molar-refractivity contribution < 1.29 is 4.79 Å². The number of rotatable bonds is 4. The van der Waals surface area contributed by atoms with Crippen LogP contribution in [-0.2, 0) is 4.79 Å². The van der Waals surface area contributed by atoms with Gasteiger partial charge in [-0.3, -0.25) is 4.79 Å². The Morgan fingerprint density at radius 3 is 2.20 bits per heavy atom. The van der Waals surface area contributed by atoms with E-state index in [2.05, 4.69) is 29.2 Å². The molecule has 20 heavy (non-hydrogen) atoms. The zero-order valence-electron chi connectivity index (χ0n) is 13.2. The van der Waals surface area contributed by atoms with Crippen LogP contribution in [0.15, 0.2) is 10.2 Å². The molecule has 2 atom stereocenters. The van der Waals surface area contributed by atoms with Crippen LogP contribution in [0.1, 0.15) is 58.3 Å². The molecule has 0 aromatic rings. The lowest BCUT2D eigenvalue weighted by molar-refractivity contribution is -0.122. The lowest BCUT2D eigenvalue weighted by Crippen LogP contribution is -2.33. The number of Topliss-reactive ketones (excluding diaryl/α,β-unsaturated/α-hetero) is 1. The first-order valence-corrected chi connectivity index (χ1v) is 8.14. The van der Waals surface area contributed by atoms with Gasteiger partial charge >= 0.3 is 0 Å². The quantitative estimate of drug-likeness (QED) is 0.740. The molecular formula is C16H29N3O. The molecule has 2 saturated carbocycles. The second kappa shape index (κ2) is 7.30. The Balaban J connectivity index is 1.84. The van der Waals surface area contributed by atoms with Crippen molar-refractivity contribution in [3.63, 3.8) is 0 Å². The zero-order valence-corrected chi connectivity index (χ0v) is 13.2. The summed E-state index contributed by atoms with van der Waals surface area (Å²) in [5.41, 5.74) is 0. The minimum absolute atomic E-state index is 0.130. The smallest absolute Gasteiger partial charge is 0.135 e. The summed E-state index contributed by atoms with van der Waals surface area (Å²) in [6.45, 7) is 1.71. The number of carbonyl (C=O) groups is 1. The topological polar surface area (TPSA) is 45.0 Å². The normalized spacial score (nSPS) is 35.6. The van der Waals surface area contributed by atoms with Gasteiger partial charge in [0.15, 0.2) is 0 Å². The Kier molecular flexibility index (Phi) is 5.70. The fourth-order valence-electron chi connectivity index (χ4n) is 3.59. The molecule has 0 aromatic carbocycles. The molecule has 4 nitrogen and oxygen atoms in total. The molecule has 2 aliphatic rings. The van der Waals surface area contributed by atoms with Crippen molar-refractivity contribution in [1.82, 2.24) is 4.90 Å². The van der Waals surface area contributed by atoms with Crippen LogP contribution < -0.4 is 0 Å². The van der Waals surface area contributed by atoms with Crippen LogP contribution in [0, 0.1) is 5.92 Å². The van der Waals surface area contributed by atoms with E-state index >= 15 is 0 Å². The summed E-state index contributed by atoms with van der Waals surface area (Å²) in [5.74, 6) is 0.426. The van der Waals surface area contributed by atoms with E-state index in [1.165, 1.54) is 25.7 Å². The first kappa shape index (κ1) is 15.6. The third-order valence-electron chi connectivity index (χ3n) is 5.03. The highest BCUT2D eigenvalue weighted by Gasteiger charge is 2.29. The van der Waals surface area contributed by atoms with Gasteiger partial charge in [0.25, 0.3) is 0 Å². The van der Waals surface area contributed by atoms with Gasteiger partial charge < -0.3 is 4.90 Å². The average Bonchev–Trinajstić information content (AvgIpc) is 2.45. The van der Waals surface area contributed by atoms with Gasteiger partial charge in [-0.15, -0.1) is 0 Å². The molecule has 0 radical (unpaired) electrons. The molecule has 114 valence electrons. The summed E-state index contributed by atoms with van der Waals surface area (Å²) < 4.78 is 0. The van der Waals surface area contributed by atoms with Crippen molar-refractivity contribution in [3.05, 3.63) is 0 Å². The van der Waals surface area contributed by atoms with E-state index in [1.807, 2.05) is 0 Å². The third kappa shape index (κ3) is 4.11. The number of nitrogens with zero attached hydrogens (tertiary/aromatic N) is 3. The minimum Gasteiger partial charge on any atom is -0.306 e. The molecule has 0 heterocycles. The number of hydrogen-bond acceptors (Lipinski definition) is 4. The summed E-state index contributed by atoms with van der Waals surface area (Å²) in [6.07, 6.45) is 9.14. The van der Waals surface area contributed by atoms with Crippen LogP contribution in [0.2, 0.25) is 0 Å². The molecule has 2 aliphatic carbocycles. The second-order valence-corrected chi connectivity index (χ2v) is 6.73. The van der Waals surface area contributed by atoms with Gasteiger partial charge in [0, 0.05) is 12.0 Å². The highest BCUT2D eigenvalue weighted by Crippen LogP contribution is 2.29. The van der Waals surface area contributed by atoms with Gasteiger partial charge in [0.2, 0.25) is 0 Å². The molecule has 0 bridgehead atoms. The molecule has 0 aliphatic heterocycles. The second-order valence-electron chi connectivity index (χ2n) is 6.73. The highest BCUT2D eigenvalue weighted by molar-refractivity contribution is 5.79. The van der Waals surface area contributed by atoms with Gasteiger partial charge in [-0.2, -0.15) is 10.2 Å². The summed E-state index contributed by atoms with van der Waals surface area (Å²) in [6, 6.07) is 1.26. The monoisotopic (exact) mass is 279 g/mol. The fraction of sp³-hybridized carbons (Fsp3) is 0.938. The van der Waals surface area contributed by atoms with Crippen molar-refractivity contribution in [2.45, 2.75) is 76.4 Å². The highest BCUT2D eigenvalue weighted by atomic mass is 16.1. The summed E-state index contributed by atoms with van der Waals surface area (Å²) >= 11 is 0. The lowest BCUT2D eigenvalue weighted by Gasteiger charge is -2.31. The maximum absolute atomic E-state index is 11.7. The molecule has 0 N–H and O–H groups in total. The van der Waals surface area contributed by atoms with Crippen LogP contribution in [-0.4, -0.2) is 42.9 Å². The predicted octanol–water partition coefficient (Wildman–Crippen LogP) is 3.46. The minimum atomic E-state index is 0.130. The summed E-state index contributed by atoms with van der Waals surface area (Å²) in [4.78, 5) is 14.0. The SMILES string of the molecule is CC(=O)C1CCCCC1N=NC1CCC(N(C)C)CC1. The van der Waals surface area contributed by atoms with E-state index in [0.29, 0.717) is 17.9 Å². The van der Waals surface area contributed by atoms with E-state index in [1.54, 1.807) is 6.92 Å². The number of ketones is 1. The van der Waals surface area contributed by atoms with E-state index < -0.39 is 0 Å². The van der Waals surface area contributed by atoms with Gasteiger partial charge in [-0.1, -0.05) is 12.8 Å². The van der Waals surface area contributed by atoms with Gasteiger partial charge in [0.05, 0.1) is 12.1 Å². The zero-order chi connectivity index (χ0) is 14.5. The molecule has 2 unspecified atom stereocenters. The van der Waals surface area contributed by atoms with Crippen molar-refractivity contribution in [2.24, 2.45) is 16.1 Å². The molecule has 0 saturated heterocycles. The average molecular weight is 279 g/mol. The van der Waals surface area contributed by atoms with Crippen LogP contribution in [0.5, 0.6) is 0 Å². The number of carbonyl (C=O) groups excluding carboxylic acids is 1. The van der Waals surface area contributed by atoms with Crippen molar-refractivity contribution in [1.29, 1.82) is 0 Å². The Bertz CT molecular complexity index is 346. The van der Waals surface area contributed by atoms with Crippen molar-refractivity contribution in [3.8, 4) is 0 Å². The van der Waals surface area contributed by atoms with E-state index in [9.17, 15) is 4.79 Å². The molecule has 2 fully saturated rings. The molecular weight excluding hydrogens is 250 g/mol. The Morgan fingerprint density at radius 1 is 0.950 bits per heavy atom. The Hall–Kier alpha value is -0.770. The largest absolute Gasteiger partial charge is 0.306 e. The van der Waals surface area contributed by atoms with Crippen molar-refractivity contribution >= 4 is 5.78 Å². The standard InChI is InChI=1S/C16H29N3O/c1-12(20)15-6-4-5-7-16(15)18-17-13-8-10-14(11-9-13)19(2)3/h13-16H,4-11H2,1-3H3. The van der Waals surface area contributed by atoms with Gasteiger partial charge in [0.1, 0.15) is 5.78 Å². The molecule has 4 heteroatoms. The van der Waals surface area contributed by atoms with Crippen LogP contribution >= 0.6 is 0 Å². The molecule has 0 aromatic heterocycles. The maximum Gasteiger partial charge on any atom is 0.135 e. The fourth-order valence-corrected chi connectivity index (χ4v) is 3.59.